The van der Waals surface area contributed by atoms with Crippen LogP contribution in [0.5, 0.6) is 5.75 Å². The standard InChI is InChI=1S/C22H24N2O3/c1-4-22(26)24-11-10-16-8-9-19(12-18(16)14-24)23-21(25)13-17-6-5-7-20(27-3)15(17)2/h4-9,12H,1,10-11,13-14H2,2-3H3,(H,23,25). The number of nitrogens with zero attached hydrogens (tertiary/aromatic N) is 1. The molecule has 2 aromatic rings. The lowest BCUT2D eigenvalue weighted by Crippen LogP contribution is -2.34. The maximum atomic E-state index is 12.5. The number of rotatable bonds is 5. The second-order valence-corrected chi connectivity index (χ2v) is 6.67. The zero-order valence-corrected chi connectivity index (χ0v) is 15.7. The minimum atomic E-state index is -0.0823. The average molecular weight is 364 g/mol. The highest BCUT2D eigenvalue weighted by Crippen LogP contribution is 2.24. The first-order valence-electron chi connectivity index (χ1n) is 8.97. The molecule has 0 aromatic heterocycles. The molecule has 1 N–H and O–H groups in total. The van der Waals surface area contributed by atoms with E-state index < -0.39 is 0 Å². The zero-order valence-electron chi connectivity index (χ0n) is 15.7. The summed E-state index contributed by atoms with van der Waals surface area (Å²) in [6, 6.07) is 11.6. The number of anilines is 1. The molecule has 3 rings (SSSR count). The molecule has 27 heavy (non-hydrogen) atoms. The van der Waals surface area contributed by atoms with Crippen LogP contribution in [0.15, 0.2) is 49.1 Å². The van der Waals surface area contributed by atoms with Crippen LogP contribution in [0.1, 0.15) is 22.3 Å². The molecule has 0 unspecified atom stereocenters. The first-order valence-corrected chi connectivity index (χ1v) is 8.97. The Balaban J connectivity index is 1.71. The average Bonchev–Trinajstić information content (AvgIpc) is 2.68. The molecule has 1 aliphatic rings. The minimum Gasteiger partial charge on any atom is -0.496 e. The largest absolute Gasteiger partial charge is 0.496 e. The number of methoxy groups -OCH3 is 1. The van der Waals surface area contributed by atoms with Crippen molar-refractivity contribution in [2.45, 2.75) is 26.3 Å². The Morgan fingerprint density at radius 2 is 2.07 bits per heavy atom. The molecule has 0 fully saturated rings. The van der Waals surface area contributed by atoms with Gasteiger partial charge in [-0.3, -0.25) is 9.59 Å². The highest BCUT2D eigenvalue weighted by molar-refractivity contribution is 5.92. The first-order chi connectivity index (χ1) is 13.0. The summed E-state index contributed by atoms with van der Waals surface area (Å²) < 4.78 is 5.32. The van der Waals surface area contributed by atoms with E-state index in [0.29, 0.717) is 13.1 Å². The molecule has 0 aliphatic carbocycles. The van der Waals surface area contributed by atoms with Crippen LogP contribution in [0.4, 0.5) is 5.69 Å². The number of fused-ring (bicyclic) bond motifs is 1. The number of carbonyl (C=O) groups excluding carboxylic acids is 2. The zero-order chi connectivity index (χ0) is 19.4. The van der Waals surface area contributed by atoms with Crippen molar-refractivity contribution < 1.29 is 14.3 Å². The molecule has 140 valence electrons. The third kappa shape index (κ3) is 4.19. The molecule has 0 radical (unpaired) electrons. The molecule has 2 aromatic carbocycles. The quantitative estimate of drug-likeness (QED) is 0.829. The van der Waals surface area contributed by atoms with Crippen LogP contribution in [0.25, 0.3) is 0 Å². The molecular formula is C22H24N2O3. The van der Waals surface area contributed by atoms with Gasteiger partial charge in [0.1, 0.15) is 5.75 Å². The van der Waals surface area contributed by atoms with Gasteiger partial charge in [-0.05, 0) is 59.9 Å². The molecule has 0 bridgehead atoms. The predicted octanol–water partition coefficient (Wildman–Crippen LogP) is 3.26. The monoisotopic (exact) mass is 364 g/mol. The topological polar surface area (TPSA) is 58.6 Å². The van der Waals surface area contributed by atoms with E-state index in [1.807, 2.05) is 43.3 Å². The van der Waals surface area contributed by atoms with Crippen molar-refractivity contribution in [2.75, 3.05) is 19.0 Å². The molecule has 0 spiro atoms. The fourth-order valence-corrected chi connectivity index (χ4v) is 3.40. The highest BCUT2D eigenvalue weighted by Gasteiger charge is 2.19. The van der Waals surface area contributed by atoms with E-state index in [0.717, 1.165) is 34.5 Å². The summed E-state index contributed by atoms with van der Waals surface area (Å²) in [4.78, 5) is 26.1. The molecular weight excluding hydrogens is 340 g/mol. The van der Waals surface area contributed by atoms with Gasteiger partial charge in [0.15, 0.2) is 0 Å². The van der Waals surface area contributed by atoms with Gasteiger partial charge in [0.2, 0.25) is 11.8 Å². The maximum absolute atomic E-state index is 12.5. The summed E-state index contributed by atoms with van der Waals surface area (Å²) >= 11 is 0. The SMILES string of the molecule is C=CC(=O)N1CCc2ccc(NC(=O)Cc3cccc(OC)c3C)cc2C1. The number of amides is 2. The van der Waals surface area contributed by atoms with Crippen LogP contribution in [-0.4, -0.2) is 30.4 Å². The Labute approximate surface area is 159 Å². The molecule has 1 heterocycles. The Hall–Kier alpha value is -3.08. The van der Waals surface area contributed by atoms with Crippen molar-refractivity contribution in [3.05, 3.63) is 71.3 Å². The van der Waals surface area contributed by atoms with E-state index in [9.17, 15) is 9.59 Å². The van der Waals surface area contributed by atoms with Crippen molar-refractivity contribution in [3.8, 4) is 5.75 Å². The minimum absolute atomic E-state index is 0.0661. The highest BCUT2D eigenvalue weighted by atomic mass is 16.5. The predicted molar refractivity (Wildman–Crippen MR) is 106 cm³/mol. The van der Waals surface area contributed by atoms with E-state index in [1.165, 1.54) is 11.6 Å². The fourth-order valence-electron chi connectivity index (χ4n) is 3.40. The molecule has 0 atom stereocenters. The summed E-state index contributed by atoms with van der Waals surface area (Å²) in [5, 5.41) is 2.96. The van der Waals surface area contributed by atoms with Gasteiger partial charge >= 0.3 is 0 Å². The Morgan fingerprint density at radius 1 is 1.26 bits per heavy atom. The molecule has 0 saturated carbocycles. The van der Waals surface area contributed by atoms with E-state index in [4.69, 9.17) is 4.74 Å². The van der Waals surface area contributed by atoms with Gasteiger partial charge in [-0.25, -0.2) is 0 Å². The molecule has 5 nitrogen and oxygen atoms in total. The Morgan fingerprint density at radius 3 is 2.81 bits per heavy atom. The number of ether oxygens (including phenoxy) is 1. The van der Waals surface area contributed by atoms with Crippen molar-refractivity contribution in [3.63, 3.8) is 0 Å². The van der Waals surface area contributed by atoms with Crippen LogP contribution in [0.3, 0.4) is 0 Å². The normalized spacial score (nSPS) is 12.9. The van der Waals surface area contributed by atoms with Crippen LogP contribution < -0.4 is 10.1 Å². The second kappa shape index (κ2) is 8.08. The fraction of sp³-hybridized carbons (Fsp3) is 0.273. The van der Waals surface area contributed by atoms with Crippen LogP contribution in [-0.2, 0) is 29.0 Å². The summed E-state index contributed by atoms with van der Waals surface area (Å²) in [7, 11) is 1.62. The number of hydrogen-bond donors (Lipinski definition) is 1. The maximum Gasteiger partial charge on any atom is 0.246 e. The number of hydrogen-bond acceptors (Lipinski definition) is 3. The summed E-state index contributed by atoms with van der Waals surface area (Å²) in [5.74, 6) is 0.630. The first kappa shape index (κ1) is 18.7. The summed E-state index contributed by atoms with van der Waals surface area (Å²) in [5.41, 5.74) is 4.93. The second-order valence-electron chi connectivity index (χ2n) is 6.67. The lowest BCUT2D eigenvalue weighted by molar-refractivity contribution is -0.126. The van der Waals surface area contributed by atoms with Gasteiger partial charge in [0.25, 0.3) is 0 Å². The summed E-state index contributed by atoms with van der Waals surface area (Å²) in [6.07, 6.45) is 2.43. The summed E-state index contributed by atoms with van der Waals surface area (Å²) in [6.45, 7) is 6.73. The van der Waals surface area contributed by atoms with Gasteiger partial charge in [-0.15, -0.1) is 0 Å². The number of nitrogens with one attached hydrogen (secondary N) is 1. The smallest absolute Gasteiger partial charge is 0.246 e. The van der Waals surface area contributed by atoms with Gasteiger partial charge < -0.3 is 15.0 Å². The lowest BCUT2D eigenvalue weighted by atomic mass is 9.98. The van der Waals surface area contributed by atoms with Crippen molar-refractivity contribution in [1.82, 2.24) is 4.90 Å². The van der Waals surface area contributed by atoms with E-state index in [-0.39, 0.29) is 18.2 Å². The Bertz CT molecular complexity index is 889. The number of benzene rings is 2. The van der Waals surface area contributed by atoms with Gasteiger partial charge in [0.05, 0.1) is 13.5 Å². The molecule has 1 aliphatic heterocycles. The van der Waals surface area contributed by atoms with Gasteiger partial charge in [-0.1, -0.05) is 24.8 Å². The lowest BCUT2D eigenvalue weighted by Gasteiger charge is -2.28. The van der Waals surface area contributed by atoms with Crippen LogP contribution >= 0.6 is 0 Å². The third-order valence-electron chi connectivity index (χ3n) is 4.96. The van der Waals surface area contributed by atoms with Crippen LogP contribution in [0.2, 0.25) is 0 Å². The van der Waals surface area contributed by atoms with Crippen molar-refractivity contribution >= 4 is 17.5 Å². The van der Waals surface area contributed by atoms with Crippen molar-refractivity contribution in [1.29, 1.82) is 0 Å². The molecule has 5 heteroatoms. The Kier molecular flexibility index (Phi) is 5.60. The van der Waals surface area contributed by atoms with Gasteiger partial charge in [-0.2, -0.15) is 0 Å². The van der Waals surface area contributed by atoms with Crippen molar-refractivity contribution in [2.24, 2.45) is 0 Å². The third-order valence-corrected chi connectivity index (χ3v) is 4.96. The van der Waals surface area contributed by atoms with E-state index in [2.05, 4.69) is 11.9 Å². The number of carbonyl (C=O) groups is 2. The van der Waals surface area contributed by atoms with Gasteiger partial charge in [0, 0.05) is 18.8 Å². The molecule has 0 saturated heterocycles. The molecule has 2 amide bonds. The van der Waals surface area contributed by atoms with E-state index >= 15 is 0 Å². The van der Waals surface area contributed by atoms with Crippen LogP contribution in [0, 0.1) is 6.92 Å². The van der Waals surface area contributed by atoms with E-state index in [1.54, 1.807) is 12.0 Å².